The zero-order chi connectivity index (χ0) is 19.1. The first-order valence-electron chi connectivity index (χ1n) is 8.04. The number of urea groups is 1. The number of fused-ring (bicyclic) bond motifs is 1. The van der Waals surface area contributed by atoms with Crippen molar-refractivity contribution in [2.45, 2.75) is 27.1 Å². The normalized spacial score (nSPS) is 15.6. The zero-order valence-electron chi connectivity index (χ0n) is 14.8. The average molecular weight is 383 g/mol. The predicted octanol–water partition coefficient (Wildman–Crippen LogP) is 3.78. The van der Waals surface area contributed by atoms with Gasteiger partial charge in [0, 0.05) is 30.7 Å². The van der Waals surface area contributed by atoms with Gasteiger partial charge in [0.1, 0.15) is 0 Å². The number of benzene rings is 1. The molecule has 0 atom stereocenters. The van der Waals surface area contributed by atoms with E-state index in [2.05, 4.69) is 14.5 Å². The van der Waals surface area contributed by atoms with E-state index in [1.165, 1.54) is 23.5 Å². The van der Waals surface area contributed by atoms with Crippen molar-refractivity contribution >= 4 is 17.4 Å². The topological polar surface area (TPSA) is 56.1 Å². The third-order valence-electron chi connectivity index (χ3n) is 3.59. The number of hydrogen-bond acceptors (Lipinski definition) is 4. The fraction of sp³-hybridized carbons (Fsp3) is 0.412. The Morgan fingerprint density at radius 3 is 2.73 bits per heavy atom. The van der Waals surface area contributed by atoms with Crippen molar-refractivity contribution in [3.8, 4) is 17.2 Å². The van der Waals surface area contributed by atoms with E-state index in [4.69, 9.17) is 0 Å². The molecular weight excluding hydrogens is 364 g/mol. The number of carbonyl (C=O) groups excluding carboxylic acids is 1. The summed E-state index contributed by atoms with van der Waals surface area (Å²) in [6.07, 6.45) is -1.88. The van der Waals surface area contributed by atoms with Crippen LogP contribution in [0.3, 0.4) is 0 Å². The Balaban J connectivity index is 1.96. The molecule has 0 aliphatic carbocycles. The van der Waals surface area contributed by atoms with Crippen molar-refractivity contribution in [3.63, 3.8) is 0 Å². The third-order valence-corrected chi connectivity index (χ3v) is 4.49. The Hall–Kier alpha value is -2.42. The highest BCUT2D eigenvalue weighted by atomic mass is 32.1. The van der Waals surface area contributed by atoms with E-state index in [1.807, 2.05) is 20.8 Å². The first kappa shape index (κ1) is 18.4. The molecule has 1 aliphatic heterocycles. The summed E-state index contributed by atoms with van der Waals surface area (Å²) >= 11 is 1.34. The molecule has 9 heteroatoms. The first-order chi connectivity index (χ1) is 12.1. The number of nitrogens with zero attached hydrogens (tertiary/aromatic N) is 3. The number of aromatic nitrogens is 1. The Morgan fingerprint density at radius 1 is 1.35 bits per heavy atom. The molecule has 0 radical (unpaired) electrons. The molecule has 2 aromatic rings. The van der Waals surface area contributed by atoms with Crippen LogP contribution in [-0.2, 0) is 0 Å². The molecule has 0 fully saturated rings. The number of rotatable bonds is 3. The molecule has 0 bridgehead atoms. The largest absolute Gasteiger partial charge is 0.586 e. The molecule has 1 aromatic heterocycles. The SMILES string of the molecule is Cc1cn(-c2ccc3c(c2)OC(F)(F)O3)/c(=N/C(=O)N(C)CC(C)C)s1. The van der Waals surface area contributed by atoms with Crippen molar-refractivity contribution in [2.75, 3.05) is 13.6 Å². The minimum absolute atomic E-state index is 0.0301. The molecule has 1 aliphatic rings. The molecule has 0 unspecified atom stereocenters. The molecule has 2 amide bonds. The molecule has 2 heterocycles. The molecular formula is C17H19F2N3O3S. The summed E-state index contributed by atoms with van der Waals surface area (Å²) < 4.78 is 37.0. The summed E-state index contributed by atoms with van der Waals surface area (Å²) in [5.41, 5.74) is 0.549. The van der Waals surface area contributed by atoms with Gasteiger partial charge >= 0.3 is 12.3 Å². The monoisotopic (exact) mass is 383 g/mol. The maximum Gasteiger partial charge on any atom is 0.586 e. The van der Waals surface area contributed by atoms with Crippen molar-refractivity contribution in [1.82, 2.24) is 9.47 Å². The lowest BCUT2D eigenvalue weighted by Crippen LogP contribution is -2.29. The highest BCUT2D eigenvalue weighted by Crippen LogP contribution is 2.41. The number of ether oxygens (including phenoxy) is 2. The van der Waals surface area contributed by atoms with Gasteiger partial charge in [-0.2, -0.15) is 4.99 Å². The van der Waals surface area contributed by atoms with Crippen LogP contribution in [0, 0.1) is 12.8 Å². The molecule has 0 saturated carbocycles. The number of carbonyl (C=O) groups is 1. The van der Waals surface area contributed by atoms with E-state index in [-0.39, 0.29) is 17.5 Å². The van der Waals surface area contributed by atoms with Gasteiger partial charge < -0.3 is 14.4 Å². The maximum atomic E-state index is 13.2. The lowest BCUT2D eigenvalue weighted by molar-refractivity contribution is -0.286. The Labute approximate surface area is 153 Å². The summed E-state index contributed by atoms with van der Waals surface area (Å²) in [6, 6.07) is 4.09. The first-order valence-corrected chi connectivity index (χ1v) is 8.85. The van der Waals surface area contributed by atoms with Crippen molar-refractivity contribution in [3.05, 3.63) is 34.1 Å². The van der Waals surface area contributed by atoms with E-state index in [1.54, 1.807) is 28.8 Å². The predicted molar refractivity (Wildman–Crippen MR) is 93.0 cm³/mol. The number of aryl methyl sites for hydroxylation is 1. The van der Waals surface area contributed by atoms with Crippen LogP contribution >= 0.6 is 11.3 Å². The number of hydrogen-bond donors (Lipinski definition) is 0. The van der Waals surface area contributed by atoms with Gasteiger partial charge in [0.05, 0.1) is 5.69 Å². The van der Waals surface area contributed by atoms with Crippen LogP contribution < -0.4 is 14.3 Å². The van der Waals surface area contributed by atoms with E-state index in [9.17, 15) is 13.6 Å². The smallest absolute Gasteiger partial charge is 0.395 e. The van der Waals surface area contributed by atoms with Gasteiger partial charge in [-0.25, -0.2) is 4.79 Å². The van der Waals surface area contributed by atoms with Crippen molar-refractivity contribution in [2.24, 2.45) is 10.9 Å². The molecule has 0 N–H and O–H groups in total. The van der Waals surface area contributed by atoms with E-state index in [0.29, 0.717) is 23.0 Å². The van der Waals surface area contributed by atoms with Crippen LogP contribution in [0.1, 0.15) is 18.7 Å². The second kappa shape index (κ2) is 6.71. The van der Waals surface area contributed by atoms with Gasteiger partial charge in [0.15, 0.2) is 16.3 Å². The van der Waals surface area contributed by atoms with Crippen molar-refractivity contribution < 1.29 is 23.0 Å². The molecule has 0 saturated heterocycles. The summed E-state index contributed by atoms with van der Waals surface area (Å²) in [5.74, 6) is 0.238. The number of alkyl halides is 2. The Kier molecular flexibility index (Phi) is 4.74. The fourth-order valence-electron chi connectivity index (χ4n) is 2.60. The Morgan fingerprint density at radius 2 is 2.04 bits per heavy atom. The maximum absolute atomic E-state index is 13.2. The lowest BCUT2D eigenvalue weighted by atomic mass is 10.2. The summed E-state index contributed by atoms with van der Waals surface area (Å²) in [4.78, 5) is 19.4. The van der Waals surface area contributed by atoms with Crippen LogP contribution in [0.15, 0.2) is 29.4 Å². The van der Waals surface area contributed by atoms with Crippen LogP contribution in [0.2, 0.25) is 0 Å². The molecule has 140 valence electrons. The minimum atomic E-state index is -3.67. The minimum Gasteiger partial charge on any atom is -0.395 e. The summed E-state index contributed by atoms with van der Waals surface area (Å²) in [5, 5.41) is 0. The number of halogens is 2. The highest BCUT2D eigenvalue weighted by molar-refractivity contribution is 7.09. The van der Waals surface area contributed by atoms with Crippen LogP contribution in [0.25, 0.3) is 5.69 Å². The second-order valence-corrected chi connectivity index (χ2v) is 7.67. The fourth-order valence-corrected chi connectivity index (χ4v) is 3.43. The van der Waals surface area contributed by atoms with Crippen LogP contribution in [-0.4, -0.2) is 35.4 Å². The number of amides is 2. The molecule has 26 heavy (non-hydrogen) atoms. The van der Waals surface area contributed by atoms with Gasteiger partial charge in [-0.15, -0.1) is 20.1 Å². The molecule has 0 spiro atoms. The summed E-state index contributed by atoms with van der Waals surface area (Å²) in [7, 11) is 1.69. The van der Waals surface area contributed by atoms with Crippen LogP contribution in [0.4, 0.5) is 13.6 Å². The van der Waals surface area contributed by atoms with Gasteiger partial charge in [-0.05, 0) is 25.0 Å². The lowest BCUT2D eigenvalue weighted by Gasteiger charge is -2.16. The quantitative estimate of drug-likeness (QED) is 0.811. The van der Waals surface area contributed by atoms with Gasteiger partial charge in [-0.1, -0.05) is 13.8 Å². The molecule has 6 nitrogen and oxygen atoms in total. The van der Waals surface area contributed by atoms with E-state index in [0.717, 1.165) is 4.88 Å². The summed E-state index contributed by atoms with van der Waals surface area (Å²) in [6.45, 7) is 6.50. The third kappa shape index (κ3) is 3.87. The van der Waals surface area contributed by atoms with Crippen molar-refractivity contribution in [1.29, 1.82) is 0 Å². The molecule has 1 aromatic carbocycles. The Bertz CT molecular complexity index is 905. The van der Waals surface area contributed by atoms with Gasteiger partial charge in [0.25, 0.3) is 0 Å². The highest BCUT2D eigenvalue weighted by Gasteiger charge is 2.43. The second-order valence-electron chi connectivity index (χ2n) is 6.46. The van der Waals surface area contributed by atoms with E-state index < -0.39 is 6.29 Å². The van der Waals surface area contributed by atoms with Crippen LogP contribution in [0.5, 0.6) is 11.5 Å². The number of thiazole rings is 1. The van der Waals surface area contributed by atoms with Gasteiger partial charge in [0.2, 0.25) is 0 Å². The standard InChI is InChI=1S/C17H19F2N3O3S/c1-10(2)8-21(4)15(23)20-16-22(9-11(3)26-16)12-5-6-13-14(7-12)25-17(18,19)24-13/h5-7,9-10H,8H2,1-4H3/b20-16-. The van der Waals surface area contributed by atoms with E-state index >= 15 is 0 Å². The molecule has 3 rings (SSSR count). The van der Waals surface area contributed by atoms with Gasteiger partial charge in [-0.3, -0.25) is 4.57 Å². The average Bonchev–Trinajstić information content (AvgIpc) is 3.03. The zero-order valence-corrected chi connectivity index (χ0v) is 15.6.